The minimum atomic E-state index is -1.31. The van der Waals surface area contributed by atoms with Crippen LogP contribution < -0.4 is 15.8 Å². The maximum absolute atomic E-state index is 15.6. The van der Waals surface area contributed by atoms with Gasteiger partial charge in [0.05, 0.1) is 27.7 Å². The molecular formula is C29H26F2N6O3. The molecule has 6 heterocycles. The van der Waals surface area contributed by atoms with E-state index in [1.807, 2.05) is 6.07 Å². The van der Waals surface area contributed by atoms with Gasteiger partial charge in [-0.3, -0.25) is 9.20 Å². The predicted molar refractivity (Wildman–Crippen MR) is 149 cm³/mol. The Balaban J connectivity index is 1.57. The van der Waals surface area contributed by atoms with E-state index in [0.29, 0.717) is 50.5 Å². The number of carboxylic acid groups (broad SMARTS) is 1. The van der Waals surface area contributed by atoms with Gasteiger partial charge in [0.25, 0.3) is 5.56 Å². The molecule has 40 heavy (non-hydrogen) atoms. The lowest BCUT2D eigenvalue weighted by molar-refractivity contribution is 0.0694. The van der Waals surface area contributed by atoms with E-state index in [2.05, 4.69) is 32.1 Å². The summed E-state index contributed by atoms with van der Waals surface area (Å²) in [6.07, 6.45) is 4.23. The number of halogens is 2. The molecule has 4 aromatic heterocycles. The average Bonchev–Trinajstić information content (AvgIpc) is 3.62. The Labute approximate surface area is 226 Å². The number of carbonyl (C=O) groups is 1. The number of likely N-dealkylation sites (N-methyl/N-ethyl adjacent to an activating group) is 1. The van der Waals surface area contributed by atoms with E-state index in [9.17, 15) is 19.1 Å². The summed E-state index contributed by atoms with van der Waals surface area (Å²) >= 11 is 0. The molecule has 2 atom stereocenters. The lowest BCUT2D eigenvalue weighted by atomic mass is 10.00. The van der Waals surface area contributed by atoms with E-state index in [1.54, 1.807) is 31.6 Å². The van der Waals surface area contributed by atoms with Gasteiger partial charge in [-0.25, -0.2) is 18.6 Å². The summed E-state index contributed by atoms with van der Waals surface area (Å²) < 4.78 is 31.8. The van der Waals surface area contributed by atoms with Crippen LogP contribution in [-0.4, -0.2) is 70.1 Å². The number of likely N-dealkylation sites (tertiary alicyclic amines) is 1. The van der Waals surface area contributed by atoms with E-state index >= 15 is 4.39 Å². The first-order chi connectivity index (χ1) is 19.3. The molecule has 2 saturated heterocycles. The molecule has 5 aromatic rings. The molecule has 3 N–H and O–H groups in total. The first-order valence-electron chi connectivity index (χ1n) is 13.1. The fourth-order valence-electron chi connectivity index (χ4n) is 6.61. The Morgan fingerprint density at radius 3 is 2.75 bits per heavy atom. The molecule has 0 aliphatic carbocycles. The van der Waals surface area contributed by atoms with Gasteiger partial charge >= 0.3 is 5.97 Å². The Bertz CT molecular complexity index is 1930. The minimum absolute atomic E-state index is 0.115. The molecule has 0 radical (unpaired) electrons. The van der Waals surface area contributed by atoms with Crippen LogP contribution in [0.3, 0.4) is 0 Å². The second kappa shape index (κ2) is 8.75. The standard InChI is InChI=1S/C29H26F2N6O3/c1-32-20-9-19(30)24(31)22-23-26(36-8-7-15-11-35(2)13-21(15)36)18(10-33-27(23)34-25(20)22)14-3-4-16-5-6-17(29(39)40)28(38)37(16)12-14/h3-6,9-10,12,15,21,32H,7-8,11,13H2,1-2H3,(H,33,34)(H,39,40)/t15?,21-/m0/s1. The lowest BCUT2D eigenvalue weighted by Gasteiger charge is -2.29. The molecule has 204 valence electrons. The van der Waals surface area contributed by atoms with E-state index in [-0.39, 0.29) is 17.0 Å². The van der Waals surface area contributed by atoms with Crippen LogP contribution in [0.2, 0.25) is 0 Å². The SMILES string of the molecule is CNc1cc(F)c(F)c2c1[nH]c1ncc(-c3ccc4ccc(C(=O)O)c(=O)n4c3)c(N3CCC4CN(C)C[C@@H]43)c12. The number of hydrogen-bond donors (Lipinski definition) is 3. The highest BCUT2D eigenvalue weighted by Crippen LogP contribution is 2.46. The molecule has 0 amide bonds. The smallest absolute Gasteiger partial charge is 0.341 e. The monoisotopic (exact) mass is 544 g/mol. The minimum Gasteiger partial charge on any atom is -0.477 e. The Morgan fingerprint density at radius 1 is 1.18 bits per heavy atom. The number of H-pyrrole nitrogens is 1. The highest BCUT2D eigenvalue weighted by atomic mass is 19.2. The van der Waals surface area contributed by atoms with Crippen molar-refractivity contribution in [1.29, 1.82) is 0 Å². The first kappa shape index (κ1) is 24.5. The van der Waals surface area contributed by atoms with Crippen molar-refractivity contribution < 1.29 is 18.7 Å². The van der Waals surface area contributed by atoms with Crippen molar-refractivity contribution in [3.63, 3.8) is 0 Å². The number of nitrogens with zero attached hydrogens (tertiary/aromatic N) is 4. The zero-order chi connectivity index (χ0) is 27.9. The van der Waals surface area contributed by atoms with Crippen molar-refractivity contribution in [3.05, 3.63) is 70.3 Å². The number of aromatic amines is 1. The zero-order valence-electron chi connectivity index (χ0n) is 21.8. The Kier molecular flexibility index (Phi) is 5.36. The number of hydrogen-bond acceptors (Lipinski definition) is 6. The number of benzene rings is 1. The molecule has 2 aliphatic rings. The molecule has 0 bridgehead atoms. The van der Waals surface area contributed by atoms with Gasteiger partial charge in [0, 0.05) is 67.8 Å². The summed E-state index contributed by atoms with van der Waals surface area (Å²) in [6, 6.07) is 7.74. The second-order valence-corrected chi connectivity index (χ2v) is 10.7. The highest BCUT2D eigenvalue weighted by molar-refractivity contribution is 6.18. The van der Waals surface area contributed by atoms with Crippen molar-refractivity contribution in [2.45, 2.75) is 12.5 Å². The first-order valence-corrected chi connectivity index (χ1v) is 13.1. The van der Waals surface area contributed by atoms with Crippen LogP contribution in [0.5, 0.6) is 0 Å². The maximum Gasteiger partial charge on any atom is 0.341 e. The number of carboxylic acids is 1. The topological polar surface area (TPSA) is 106 Å². The van der Waals surface area contributed by atoms with Crippen LogP contribution >= 0.6 is 0 Å². The van der Waals surface area contributed by atoms with Gasteiger partial charge in [-0.05, 0) is 37.6 Å². The summed E-state index contributed by atoms with van der Waals surface area (Å²) in [4.78, 5) is 37.0. The summed E-state index contributed by atoms with van der Waals surface area (Å²) in [5.74, 6) is -2.80. The van der Waals surface area contributed by atoms with Gasteiger partial charge < -0.3 is 25.2 Å². The number of aromatic nitrogens is 3. The maximum atomic E-state index is 15.6. The largest absolute Gasteiger partial charge is 0.477 e. The van der Waals surface area contributed by atoms with E-state index in [1.165, 1.54) is 10.5 Å². The Morgan fingerprint density at radius 2 is 1.98 bits per heavy atom. The highest BCUT2D eigenvalue weighted by Gasteiger charge is 2.42. The van der Waals surface area contributed by atoms with E-state index in [0.717, 1.165) is 32.1 Å². The van der Waals surface area contributed by atoms with Crippen molar-refractivity contribution in [2.24, 2.45) is 5.92 Å². The molecule has 11 heteroatoms. The third-order valence-electron chi connectivity index (χ3n) is 8.44. The van der Waals surface area contributed by atoms with Crippen LogP contribution in [0.15, 0.2) is 47.5 Å². The average molecular weight is 545 g/mol. The fourth-order valence-corrected chi connectivity index (χ4v) is 6.61. The molecule has 2 fully saturated rings. The van der Waals surface area contributed by atoms with Crippen molar-refractivity contribution >= 4 is 44.8 Å². The van der Waals surface area contributed by atoms with Gasteiger partial charge in [0.15, 0.2) is 11.6 Å². The van der Waals surface area contributed by atoms with Crippen LogP contribution in [0.1, 0.15) is 16.8 Å². The van der Waals surface area contributed by atoms with Gasteiger partial charge in [-0.2, -0.15) is 0 Å². The second-order valence-electron chi connectivity index (χ2n) is 10.7. The number of aromatic carboxylic acids is 1. The summed E-state index contributed by atoms with van der Waals surface area (Å²) in [7, 11) is 3.73. The number of anilines is 2. The van der Waals surface area contributed by atoms with Crippen LogP contribution in [0.25, 0.3) is 38.6 Å². The number of nitrogens with one attached hydrogen (secondary N) is 2. The molecule has 1 unspecified atom stereocenters. The molecular weight excluding hydrogens is 518 g/mol. The number of pyridine rings is 3. The quantitative estimate of drug-likeness (QED) is 0.312. The van der Waals surface area contributed by atoms with Crippen molar-refractivity contribution in [3.8, 4) is 11.1 Å². The summed E-state index contributed by atoms with van der Waals surface area (Å²) in [5, 5.41) is 13.0. The van der Waals surface area contributed by atoms with Gasteiger partial charge in [0.1, 0.15) is 11.2 Å². The van der Waals surface area contributed by atoms with Crippen LogP contribution in [-0.2, 0) is 0 Å². The molecule has 0 saturated carbocycles. The fraction of sp³-hybridized carbons (Fsp3) is 0.276. The van der Waals surface area contributed by atoms with Crippen molar-refractivity contribution in [2.75, 3.05) is 43.9 Å². The summed E-state index contributed by atoms with van der Waals surface area (Å²) in [6.45, 7) is 2.51. The molecule has 0 spiro atoms. The summed E-state index contributed by atoms with van der Waals surface area (Å²) in [5.41, 5.74) is 2.77. The molecule has 1 aromatic carbocycles. The molecule has 9 nitrogen and oxygen atoms in total. The zero-order valence-corrected chi connectivity index (χ0v) is 21.8. The van der Waals surface area contributed by atoms with Crippen molar-refractivity contribution in [1.82, 2.24) is 19.3 Å². The predicted octanol–water partition coefficient (Wildman–Crippen LogP) is 4.15. The van der Waals surface area contributed by atoms with E-state index < -0.39 is 23.2 Å². The molecule has 7 rings (SSSR count). The Hall–Kier alpha value is -4.51. The van der Waals surface area contributed by atoms with E-state index in [4.69, 9.17) is 0 Å². The van der Waals surface area contributed by atoms with Crippen LogP contribution in [0, 0.1) is 17.6 Å². The number of fused-ring (bicyclic) bond motifs is 5. The normalized spacial score (nSPS) is 19.2. The van der Waals surface area contributed by atoms with Gasteiger partial charge in [-0.15, -0.1) is 0 Å². The van der Waals surface area contributed by atoms with Crippen LogP contribution in [0.4, 0.5) is 20.2 Å². The van der Waals surface area contributed by atoms with Gasteiger partial charge in [0.2, 0.25) is 0 Å². The lowest BCUT2D eigenvalue weighted by Crippen LogP contribution is -2.35. The van der Waals surface area contributed by atoms with Gasteiger partial charge in [-0.1, -0.05) is 6.07 Å². The third-order valence-corrected chi connectivity index (χ3v) is 8.44. The number of rotatable bonds is 4. The third kappa shape index (κ3) is 3.43. The molecule has 2 aliphatic heterocycles.